The smallest absolute Gasteiger partial charge is 0.308 e. The van der Waals surface area contributed by atoms with Gasteiger partial charge in [0, 0.05) is 13.1 Å². The van der Waals surface area contributed by atoms with Crippen LogP contribution in [0.25, 0.3) is 0 Å². The Balaban J connectivity index is 2.42. The molecule has 1 atom stereocenters. The normalized spacial score (nSPS) is 19.8. The third-order valence-electron chi connectivity index (χ3n) is 2.73. The topological polar surface area (TPSA) is 72.6 Å². The van der Waals surface area contributed by atoms with Crippen LogP contribution in [0.15, 0.2) is 0 Å². The molecule has 0 aliphatic carbocycles. The van der Waals surface area contributed by atoms with Crippen LogP contribution in [0.2, 0.25) is 0 Å². The summed E-state index contributed by atoms with van der Waals surface area (Å²) in [5.74, 6) is -0.284. The van der Waals surface area contributed by atoms with Crippen molar-refractivity contribution in [3.63, 3.8) is 0 Å². The standard InChI is InChI=1S/C10H18N2O3/c1-7(11)9(13)12-5-3-8(4-6-12)10(14)15-2/h7-8H,3-6,11H2,1-2H3/t7-/m0/s1. The van der Waals surface area contributed by atoms with Crippen molar-refractivity contribution >= 4 is 11.9 Å². The van der Waals surface area contributed by atoms with Crippen LogP contribution >= 0.6 is 0 Å². The number of hydrogen-bond acceptors (Lipinski definition) is 4. The number of carbonyl (C=O) groups is 2. The molecule has 0 aromatic carbocycles. The summed E-state index contributed by atoms with van der Waals surface area (Å²) in [5, 5.41) is 0. The Morgan fingerprint density at radius 1 is 1.40 bits per heavy atom. The number of hydrogen-bond donors (Lipinski definition) is 1. The van der Waals surface area contributed by atoms with E-state index in [1.54, 1.807) is 11.8 Å². The lowest BCUT2D eigenvalue weighted by atomic mass is 9.96. The first-order chi connectivity index (χ1) is 7.06. The predicted octanol–water partition coefficient (Wildman–Crippen LogP) is -0.255. The number of likely N-dealkylation sites (tertiary alicyclic amines) is 1. The maximum Gasteiger partial charge on any atom is 0.308 e. The quantitative estimate of drug-likeness (QED) is 0.643. The first kappa shape index (κ1) is 12.0. The predicted molar refractivity (Wildman–Crippen MR) is 55.0 cm³/mol. The van der Waals surface area contributed by atoms with E-state index in [0.717, 1.165) is 0 Å². The van der Waals surface area contributed by atoms with Crippen LogP contribution in [-0.2, 0) is 14.3 Å². The minimum absolute atomic E-state index is 0.0432. The summed E-state index contributed by atoms with van der Waals surface area (Å²) in [7, 11) is 1.39. The van der Waals surface area contributed by atoms with Crippen LogP contribution in [0.5, 0.6) is 0 Å². The number of piperidine rings is 1. The number of carbonyl (C=O) groups excluding carboxylic acids is 2. The van der Waals surface area contributed by atoms with Gasteiger partial charge in [0.2, 0.25) is 5.91 Å². The fraction of sp³-hybridized carbons (Fsp3) is 0.800. The third kappa shape index (κ3) is 2.92. The summed E-state index contributed by atoms with van der Waals surface area (Å²) in [6.45, 7) is 2.87. The number of amides is 1. The number of methoxy groups -OCH3 is 1. The molecule has 0 aromatic rings. The van der Waals surface area contributed by atoms with Gasteiger partial charge in [0.15, 0.2) is 0 Å². The van der Waals surface area contributed by atoms with E-state index < -0.39 is 6.04 Å². The van der Waals surface area contributed by atoms with E-state index in [1.807, 2.05) is 0 Å². The van der Waals surface area contributed by atoms with Crippen molar-refractivity contribution in [3.8, 4) is 0 Å². The highest BCUT2D eigenvalue weighted by Gasteiger charge is 2.28. The molecule has 1 amide bonds. The first-order valence-corrected chi connectivity index (χ1v) is 5.18. The van der Waals surface area contributed by atoms with Crippen molar-refractivity contribution in [1.82, 2.24) is 4.90 Å². The van der Waals surface area contributed by atoms with Gasteiger partial charge in [-0.2, -0.15) is 0 Å². The number of esters is 1. The van der Waals surface area contributed by atoms with E-state index in [-0.39, 0.29) is 17.8 Å². The first-order valence-electron chi connectivity index (χ1n) is 5.18. The molecule has 15 heavy (non-hydrogen) atoms. The van der Waals surface area contributed by atoms with E-state index in [1.165, 1.54) is 7.11 Å². The number of nitrogens with two attached hydrogens (primary N) is 1. The average Bonchev–Trinajstić information content (AvgIpc) is 2.27. The van der Waals surface area contributed by atoms with E-state index in [9.17, 15) is 9.59 Å². The van der Waals surface area contributed by atoms with Gasteiger partial charge in [0.1, 0.15) is 0 Å². The molecule has 0 saturated carbocycles. The fourth-order valence-electron chi connectivity index (χ4n) is 1.79. The van der Waals surface area contributed by atoms with Crippen molar-refractivity contribution in [1.29, 1.82) is 0 Å². The summed E-state index contributed by atoms with van der Waals surface area (Å²) < 4.78 is 4.67. The largest absolute Gasteiger partial charge is 0.469 e. The molecule has 0 bridgehead atoms. The van der Waals surface area contributed by atoms with Crippen LogP contribution in [0.3, 0.4) is 0 Å². The second-order valence-electron chi connectivity index (χ2n) is 3.91. The molecular weight excluding hydrogens is 196 g/mol. The molecule has 5 heteroatoms. The molecule has 0 unspecified atom stereocenters. The summed E-state index contributed by atoms with van der Waals surface area (Å²) in [6, 6.07) is -0.459. The van der Waals surface area contributed by atoms with E-state index >= 15 is 0 Å². The van der Waals surface area contributed by atoms with E-state index in [2.05, 4.69) is 4.74 Å². The van der Waals surface area contributed by atoms with Gasteiger partial charge < -0.3 is 15.4 Å². The van der Waals surface area contributed by atoms with Gasteiger partial charge >= 0.3 is 5.97 Å². The highest BCUT2D eigenvalue weighted by atomic mass is 16.5. The van der Waals surface area contributed by atoms with Crippen molar-refractivity contribution in [2.24, 2.45) is 11.7 Å². The average molecular weight is 214 g/mol. The molecule has 1 heterocycles. The zero-order chi connectivity index (χ0) is 11.4. The fourth-order valence-corrected chi connectivity index (χ4v) is 1.79. The molecule has 1 rings (SSSR count). The zero-order valence-electron chi connectivity index (χ0n) is 9.23. The molecule has 1 saturated heterocycles. The SMILES string of the molecule is COC(=O)C1CCN(C(=O)[C@H](C)N)CC1. The van der Waals surface area contributed by atoms with Gasteiger partial charge in [-0.25, -0.2) is 0 Å². The number of ether oxygens (including phenoxy) is 1. The maximum absolute atomic E-state index is 11.5. The van der Waals surface area contributed by atoms with Gasteiger partial charge in [0.25, 0.3) is 0 Å². The van der Waals surface area contributed by atoms with E-state index in [4.69, 9.17) is 5.73 Å². The van der Waals surface area contributed by atoms with Crippen LogP contribution in [0, 0.1) is 5.92 Å². The van der Waals surface area contributed by atoms with Crippen LogP contribution in [0.4, 0.5) is 0 Å². The Hall–Kier alpha value is -1.10. The Kier molecular flexibility index (Phi) is 4.08. The second-order valence-corrected chi connectivity index (χ2v) is 3.91. The monoisotopic (exact) mass is 214 g/mol. The van der Waals surface area contributed by atoms with Gasteiger partial charge in [-0.3, -0.25) is 9.59 Å². The highest BCUT2D eigenvalue weighted by molar-refractivity contribution is 5.81. The minimum Gasteiger partial charge on any atom is -0.469 e. The molecule has 0 spiro atoms. The summed E-state index contributed by atoms with van der Waals surface area (Å²) in [5.41, 5.74) is 5.50. The van der Waals surface area contributed by atoms with Gasteiger partial charge in [-0.05, 0) is 19.8 Å². The van der Waals surface area contributed by atoms with Gasteiger partial charge in [-0.15, -0.1) is 0 Å². The lowest BCUT2D eigenvalue weighted by Gasteiger charge is -2.31. The Morgan fingerprint density at radius 2 is 1.93 bits per heavy atom. The van der Waals surface area contributed by atoms with Gasteiger partial charge in [-0.1, -0.05) is 0 Å². The zero-order valence-corrected chi connectivity index (χ0v) is 9.23. The van der Waals surface area contributed by atoms with Gasteiger partial charge in [0.05, 0.1) is 19.1 Å². The molecule has 0 aromatic heterocycles. The number of nitrogens with zero attached hydrogens (tertiary/aromatic N) is 1. The molecule has 0 radical (unpaired) electrons. The summed E-state index contributed by atoms with van der Waals surface area (Å²) >= 11 is 0. The second kappa shape index (κ2) is 5.11. The lowest BCUT2D eigenvalue weighted by Crippen LogP contribution is -2.46. The van der Waals surface area contributed by atoms with E-state index in [0.29, 0.717) is 25.9 Å². The molecular formula is C10H18N2O3. The Bertz CT molecular complexity index is 245. The summed E-state index contributed by atoms with van der Waals surface area (Å²) in [6.07, 6.45) is 1.34. The van der Waals surface area contributed by atoms with Crippen LogP contribution in [-0.4, -0.2) is 43.0 Å². The molecule has 5 nitrogen and oxygen atoms in total. The Morgan fingerprint density at radius 3 is 2.33 bits per heavy atom. The third-order valence-corrected chi connectivity index (χ3v) is 2.73. The summed E-state index contributed by atoms with van der Waals surface area (Å²) in [4.78, 5) is 24.5. The molecule has 1 aliphatic heterocycles. The number of rotatable bonds is 2. The minimum atomic E-state index is -0.459. The van der Waals surface area contributed by atoms with Crippen LogP contribution < -0.4 is 5.73 Å². The maximum atomic E-state index is 11.5. The van der Waals surface area contributed by atoms with Crippen LogP contribution in [0.1, 0.15) is 19.8 Å². The molecule has 1 fully saturated rings. The van der Waals surface area contributed by atoms with Crippen molar-refractivity contribution in [2.45, 2.75) is 25.8 Å². The molecule has 86 valence electrons. The van der Waals surface area contributed by atoms with Crippen molar-refractivity contribution in [3.05, 3.63) is 0 Å². The van der Waals surface area contributed by atoms with Crippen molar-refractivity contribution < 1.29 is 14.3 Å². The molecule has 2 N–H and O–H groups in total. The Labute approximate surface area is 89.6 Å². The highest BCUT2D eigenvalue weighted by Crippen LogP contribution is 2.18. The van der Waals surface area contributed by atoms with Crippen molar-refractivity contribution in [2.75, 3.05) is 20.2 Å². The molecule has 1 aliphatic rings. The lowest BCUT2D eigenvalue weighted by molar-refractivity contribution is -0.149.